The summed E-state index contributed by atoms with van der Waals surface area (Å²) < 4.78 is 28.5. The molecule has 1 atom stereocenters. The van der Waals surface area contributed by atoms with E-state index in [1.165, 1.54) is 0 Å². The van der Waals surface area contributed by atoms with Crippen LogP contribution in [0, 0.1) is 5.92 Å². The molecule has 0 bridgehead atoms. The standard InChI is InChI=1S/C11H17F2N3/c1-10-8-15(4-2-11(10,12)13)6-7-16-5-3-14-9-16/h3,5,9-10H,2,4,6-8H2,1H3/t10-/m0/s1. The normalized spacial score (nSPS) is 25.8. The van der Waals surface area contributed by atoms with Crippen LogP contribution in [-0.4, -0.2) is 40.0 Å². The van der Waals surface area contributed by atoms with E-state index in [1.54, 1.807) is 19.4 Å². The van der Waals surface area contributed by atoms with Crippen LogP contribution in [0.5, 0.6) is 0 Å². The second kappa shape index (κ2) is 4.49. The number of imidazole rings is 1. The Balaban J connectivity index is 1.80. The predicted octanol–water partition coefficient (Wildman–Crippen LogP) is 1.86. The number of rotatable bonds is 3. The average Bonchev–Trinajstić information content (AvgIpc) is 2.73. The summed E-state index contributed by atoms with van der Waals surface area (Å²) in [6, 6.07) is 0. The molecule has 0 N–H and O–H groups in total. The van der Waals surface area contributed by atoms with Gasteiger partial charge < -0.3 is 9.47 Å². The maximum Gasteiger partial charge on any atom is 0.253 e. The van der Waals surface area contributed by atoms with Crippen LogP contribution in [0.2, 0.25) is 0 Å². The van der Waals surface area contributed by atoms with Crippen LogP contribution in [0.3, 0.4) is 0 Å². The lowest BCUT2D eigenvalue weighted by Gasteiger charge is -2.36. The lowest BCUT2D eigenvalue weighted by molar-refractivity contribution is -0.0990. The minimum atomic E-state index is -2.48. The summed E-state index contributed by atoms with van der Waals surface area (Å²) in [5.41, 5.74) is 0. The summed E-state index contributed by atoms with van der Waals surface area (Å²) in [6.45, 7) is 4.24. The fraction of sp³-hybridized carbons (Fsp3) is 0.727. The van der Waals surface area contributed by atoms with Crippen molar-refractivity contribution in [2.45, 2.75) is 25.8 Å². The van der Waals surface area contributed by atoms with Crippen LogP contribution >= 0.6 is 0 Å². The maximum atomic E-state index is 13.2. The molecule has 0 unspecified atom stereocenters. The minimum Gasteiger partial charge on any atom is -0.336 e. The van der Waals surface area contributed by atoms with E-state index in [1.807, 2.05) is 10.8 Å². The number of likely N-dealkylation sites (tertiary alicyclic amines) is 1. The van der Waals surface area contributed by atoms with E-state index in [-0.39, 0.29) is 6.42 Å². The first-order valence-corrected chi connectivity index (χ1v) is 5.64. The minimum absolute atomic E-state index is 0.0158. The number of hydrogen-bond acceptors (Lipinski definition) is 2. The van der Waals surface area contributed by atoms with Gasteiger partial charge in [-0.25, -0.2) is 13.8 Å². The zero-order valence-corrected chi connectivity index (χ0v) is 9.44. The van der Waals surface area contributed by atoms with Gasteiger partial charge in [0.2, 0.25) is 0 Å². The lowest BCUT2D eigenvalue weighted by atomic mass is 9.95. The fourth-order valence-electron chi connectivity index (χ4n) is 2.04. The third-order valence-electron chi connectivity index (χ3n) is 3.25. The largest absolute Gasteiger partial charge is 0.336 e. The second-order valence-electron chi connectivity index (χ2n) is 4.51. The molecule has 90 valence electrons. The molecule has 0 spiro atoms. The van der Waals surface area contributed by atoms with Gasteiger partial charge in [-0.05, 0) is 0 Å². The number of piperidine rings is 1. The van der Waals surface area contributed by atoms with Crippen LogP contribution in [0.1, 0.15) is 13.3 Å². The Labute approximate surface area is 94.1 Å². The Bertz CT molecular complexity index is 324. The van der Waals surface area contributed by atoms with E-state index < -0.39 is 11.8 Å². The van der Waals surface area contributed by atoms with E-state index in [0.717, 1.165) is 13.1 Å². The van der Waals surface area contributed by atoms with E-state index in [2.05, 4.69) is 9.88 Å². The van der Waals surface area contributed by atoms with Gasteiger partial charge >= 0.3 is 0 Å². The van der Waals surface area contributed by atoms with E-state index >= 15 is 0 Å². The number of aromatic nitrogens is 2. The SMILES string of the molecule is C[C@H]1CN(CCn2ccnc2)CCC1(F)F. The summed E-state index contributed by atoms with van der Waals surface area (Å²) in [4.78, 5) is 6.05. The third kappa shape index (κ3) is 2.58. The van der Waals surface area contributed by atoms with Crippen LogP contribution < -0.4 is 0 Å². The molecule has 1 aromatic heterocycles. The van der Waals surface area contributed by atoms with Gasteiger partial charge in [-0.15, -0.1) is 0 Å². The first-order chi connectivity index (χ1) is 7.58. The Morgan fingerprint density at radius 1 is 1.44 bits per heavy atom. The van der Waals surface area contributed by atoms with Crippen LogP contribution in [0.4, 0.5) is 8.78 Å². The maximum absolute atomic E-state index is 13.2. The number of alkyl halides is 2. The molecule has 0 aromatic carbocycles. The number of halogens is 2. The number of nitrogens with zero attached hydrogens (tertiary/aromatic N) is 3. The number of hydrogen-bond donors (Lipinski definition) is 0. The van der Waals surface area contributed by atoms with Gasteiger partial charge in [0.15, 0.2) is 0 Å². The van der Waals surface area contributed by atoms with Crippen molar-refractivity contribution in [3.8, 4) is 0 Å². The monoisotopic (exact) mass is 229 g/mol. The molecule has 16 heavy (non-hydrogen) atoms. The van der Waals surface area contributed by atoms with E-state index in [0.29, 0.717) is 13.1 Å². The molecule has 0 amide bonds. The molecule has 0 radical (unpaired) electrons. The van der Waals surface area contributed by atoms with Gasteiger partial charge in [0, 0.05) is 50.9 Å². The molecule has 1 aliphatic rings. The summed E-state index contributed by atoms with van der Waals surface area (Å²) in [5.74, 6) is -3.02. The second-order valence-corrected chi connectivity index (χ2v) is 4.51. The van der Waals surface area contributed by atoms with Gasteiger partial charge in [0.25, 0.3) is 5.92 Å². The Morgan fingerprint density at radius 3 is 2.88 bits per heavy atom. The van der Waals surface area contributed by atoms with Crippen LogP contribution in [0.25, 0.3) is 0 Å². The first kappa shape index (κ1) is 11.5. The highest BCUT2D eigenvalue weighted by Crippen LogP contribution is 2.32. The van der Waals surface area contributed by atoms with Crippen molar-refractivity contribution in [2.75, 3.05) is 19.6 Å². The topological polar surface area (TPSA) is 21.1 Å². The molecule has 2 rings (SSSR count). The molecule has 3 nitrogen and oxygen atoms in total. The summed E-state index contributed by atoms with van der Waals surface area (Å²) in [7, 11) is 0. The Hall–Kier alpha value is -0.970. The first-order valence-electron chi connectivity index (χ1n) is 5.64. The molecule has 1 saturated heterocycles. The molecule has 0 saturated carbocycles. The van der Waals surface area contributed by atoms with E-state index in [4.69, 9.17) is 0 Å². The van der Waals surface area contributed by atoms with Crippen molar-refractivity contribution < 1.29 is 8.78 Å². The van der Waals surface area contributed by atoms with Gasteiger partial charge in [-0.3, -0.25) is 0 Å². The van der Waals surface area contributed by atoms with Crippen molar-refractivity contribution in [3.63, 3.8) is 0 Å². The summed E-state index contributed by atoms with van der Waals surface area (Å²) >= 11 is 0. The predicted molar refractivity (Wildman–Crippen MR) is 57.4 cm³/mol. The summed E-state index contributed by atoms with van der Waals surface area (Å²) in [5, 5.41) is 0. The fourth-order valence-corrected chi connectivity index (χ4v) is 2.04. The highest BCUT2D eigenvalue weighted by molar-refractivity contribution is 4.84. The molecule has 5 heteroatoms. The van der Waals surface area contributed by atoms with Crippen molar-refractivity contribution in [3.05, 3.63) is 18.7 Å². The molecule has 2 heterocycles. The Kier molecular flexibility index (Phi) is 3.23. The molecule has 1 fully saturated rings. The van der Waals surface area contributed by atoms with Gasteiger partial charge in [0.1, 0.15) is 0 Å². The van der Waals surface area contributed by atoms with Gasteiger partial charge in [-0.2, -0.15) is 0 Å². The lowest BCUT2D eigenvalue weighted by Crippen LogP contribution is -2.46. The summed E-state index contributed by atoms with van der Waals surface area (Å²) in [6.07, 6.45) is 5.36. The molecular formula is C11H17F2N3. The molecule has 1 aliphatic heterocycles. The molecule has 0 aliphatic carbocycles. The van der Waals surface area contributed by atoms with Crippen molar-refractivity contribution in [1.29, 1.82) is 0 Å². The van der Waals surface area contributed by atoms with Crippen LogP contribution in [-0.2, 0) is 6.54 Å². The zero-order chi connectivity index (χ0) is 11.6. The quantitative estimate of drug-likeness (QED) is 0.789. The van der Waals surface area contributed by atoms with Crippen molar-refractivity contribution >= 4 is 0 Å². The zero-order valence-electron chi connectivity index (χ0n) is 9.44. The van der Waals surface area contributed by atoms with Crippen molar-refractivity contribution in [2.24, 2.45) is 5.92 Å². The van der Waals surface area contributed by atoms with Crippen LogP contribution in [0.15, 0.2) is 18.7 Å². The van der Waals surface area contributed by atoms with Gasteiger partial charge in [-0.1, -0.05) is 6.92 Å². The highest BCUT2D eigenvalue weighted by Gasteiger charge is 2.40. The molecule has 1 aromatic rings. The highest BCUT2D eigenvalue weighted by atomic mass is 19.3. The van der Waals surface area contributed by atoms with Crippen molar-refractivity contribution in [1.82, 2.24) is 14.5 Å². The van der Waals surface area contributed by atoms with Gasteiger partial charge in [0.05, 0.1) is 6.33 Å². The third-order valence-corrected chi connectivity index (χ3v) is 3.25. The smallest absolute Gasteiger partial charge is 0.253 e. The van der Waals surface area contributed by atoms with E-state index in [9.17, 15) is 8.78 Å². The Morgan fingerprint density at radius 2 is 2.25 bits per heavy atom. The molecular weight excluding hydrogens is 212 g/mol. The average molecular weight is 229 g/mol.